The molecule has 0 aliphatic carbocycles. The van der Waals surface area contributed by atoms with Crippen LogP contribution in [0, 0.1) is 5.82 Å². The third kappa shape index (κ3) is 3.10. The van der Waals surface area contributed by atoms with Crippen LogP contribution in [-0.2, 0) is 6.42 Å². The zero-order chi connectivity index (χ0) is 12.3. The van der Waals surface area contributed by atoms with Crippen molar-refractivity contribution in [2.75, 3.05) is 7.11 Å². The van der Waals surface area contributed by atoms with Gasteiger partial charge >= 0.3 is 6.18 Å². The minimum Gasteiger partial charge on any atom is -0.496 e. The summed E-state index contributed by atoms with van der Waals surface area (Å²) in [6.07, 6.45) is -7.83. The average Bonchev–Trinajstić information content (AvgIpc) is 2.19. The van der Waals surface area contributed by atoms with Gasteiger partial charge in [-0.3, -0.25) is 0 Å². The van der Waals surface area contributed by atoms with Gasteiger partial charge in [-0.1, -0.05) is 6.07 Å². The van der Waals surface area contributed by atoms with Crippen molar-refractivity contribution in [1.82, 2.24) is 0 Å². The van der Waals surface area contributed by atoms with Gasteiger partial charge in [-0.2, -0.15) is 13.2 Å². The molecule has 1 rings (SSSR count). The molecule has 0 saturated heterocycles. The molecule has 1 unspecified atom stereocenters. The van der Waals surface area contributed by atoms with Crippen molar-refractivity contribution in [3.8, 4) is 5.75 Å². The van der Waals surface area contributed by atoms with Crippen molar-refractivity contribution in [3.63, 3.8) is 0 Å². The summed E-state index contributed by atoms with van der Waals surface area (Å²) < 4.78 is 53.7. The highest BCUT2D eigenvalue weighted by atomic mass is 19.4. The van der Waals surface area contributed by atoms with Gasteiger partial charge in [-0.25, -0.2) is 4.39 Å². The van der Waals surface area contributed by atoms with Crippen molar-refractivity contribution >= 4 is 0 Å². The van der Waals surface area contributed by atoms with E-state index < -0.39 is 24.5 Å². The van der Waals surface area contributed by atoms with E-state index in [0.717, 1.165) is 18.2 Å². The third-order valence-corrected chi connectivity index (χ3v) is 2.04. The summed E-state index contributed by atoms with van der Waals surface area (Å²) >= 11 is 0. The molecule has 0 radical (unpaired) electrons. The lowest BCUT2D eigenvalue weighted by Gasteiger charge is -2.16. The van der Waals surface area contributed by atoms with Crippen molar-refractivity contribution < 1.29 is 27.4 Å². The lowest BCUT2D eigenvalue weighted by Crippen LogP contribution is -2.30. The molecule has 0 aromatic heterocycles. The molecule has 0 bridgehead atoms. The van der Waals surface area contributed by atoms with Crippen LogP contribution in [0.1, 0.15) is 5.56 Å². The number of methoxy groups -OCH3 is 1. The van der Waals surface area contributed by atoms with Crippen molar-refractivity contribution in [1.29, 1.82) is 0 Å². The van der Waals surface area contributed by atoms with E-state index in [2.05, 4.69) is 0 Å². The molecule has 0 amide bonds. The Morgan fingerprint density at radius 3 is 2.50 bits per heavy atom. The second kappa shape index (κ2) is 4.69. The smallest absolute Gasteiger partial charge is 0.414 e. The molecule has 90 valence electrons. The van der Waals surface area contributed by atoms with Crippen LogP contribution in [0.25, 0.3) is 0 Å². The first-order chi connectivity index (χ1) is 7.34. The van der Waals surface area contributed by atoms with Gasteiger partial charge < -0.3 is 9.84 Å². The van der Waals surface area contributed by atoms with E-state index in [9.17, 15) is 17.6 Å². The van der Waals surface area contributed by atoms with E-state index in [1.54, 1.807) is 0 Å². The van der Waals surface area contributed by atoms with Crippen LogP contribution in [0.15, 0.2) is 18.2 Å². The second-order valence-corrected chi connectivity index (χ2v) is 3.22. The van der Waals surface area contributed by atoms with Gasteiger partial charge in [-0.15, -0.1) is 0 Å². The molecule has 1 atom stereocenters. The topological polar surface area (TPSA) is 29.5 Å². The van der Waals surface area contributed by atoms with Crippen LogP contribution in [0.2, 0.25) is 0 Å². The van der Waals surface area contributed by atoms with Crippen molar-refractivity contribution in [2.24, 2.45) is 0 Å². The van der Waals surface area contributed by atoms with Gasteiger partial charge in [0.15, 0.2) is 6.10 Å². The molecule has 0 aliphatic heterocycles. The lowest BCUT2D eigenvalue weighted by molar-refractivity contribution is -0.203. The van der Waals surface area contributed by atoms with E-state index in [0.29, 0.717) is 0 Å². The van der Waals surface area contributed by atoms with Crippen LogP contribution in [0.4, 0.5) is 17.6 Å². The number of hydrogen-bond donors (Lipinski definition) is 1. The number of benzene rings is 1. The molecule has 0 spiro atoms. The third-order valence-electron chi connectivity index (χ3n) is 2.04. The van der Waals surface area contributed by atoms with Gasteiger partial charge in [0.25, 0.3) is 0 Å². The number of halogens is 4. The van der Waals surface area contributed by atoms with E-state index in [1.165, 1.54) is 7.11 Å². The molecule has 1 aromatic carbocycles. The molecule has 0 fully saturated rings. The number of ether oxygens (including phenoxy) is 1. The Morgan fingerprint density at radius 1 is 1.38 bits per heavy atom. The summed E-state index contributed by atoms with van der Waals surface area (Å²) in [5, 5.41) is 8.85. The fourth-order valence-electron chi connectivity index (χ4n) is 1.21. The van der Waals surface area contributed by atoms with Crippen LogP contribution < -0.4 is 4.74 Å². The highest BCUT2D eigenvalue weighted by Crippen LogP contribution is 2.27. The van der Waals surface area contributed by atoms with Crippen LogP contribution in [0.3, 0.4) is 0 Å². The Bertz CT molecular complexity index is 362. The Kier molecular flexibility index (Phi) is 3.74. The highest BCUT2D eigenvalue weighted by Gasteiger charge is 2.38. The predicted octanol–water partition coefficient (Wildman–Crippen LogP) is 2.30. The molecule has 1 aromatic rings. The first kappa shape index (κ1) is 12.8. The molecular weight excluding hydrogens is 228 g/mol. The van der Waals surface area contributed by atoms with E-state index >= 15 is 0 Å². The Morgan fingerprint density at radius 2 is 2.00 bits per heavy atom. The maximum atomic E-state index is 12.7. The summed E-state index contributed by atoms with van der Waals surface area (Å²) in [5.41, 5.74) is 0.105. The van der Waals surface area contributed by atoms with Gasteiger partial charge in [0.05, 0.1) is 7.11 Å². The van der Waals surface area contributed by atoms with Crippen LogP contribution >= 0.6 is 0 Å². The monoisotopic (exact) mass is 238 g/mol. The molecule has 2 nitrogen and oxygen atoms in total. The molecule has 0 heterocycles. The van der Waals surface area contributed by atoms with Gasteiger partial charge in [0.1, 0.15) is 11.6 Å². The Balaban J connectivity index is 2.89. The lowest BCUT2D eigenvalue weighted by atomic mass is 10.1. The fourth-order valence-corrected chi connectivity index (χ4v) is 1.21. The number of hydrogen-bond acceptors (Lipinski definition) is 2. The van der Waals surface area contributed by atoms with Crippen LogP contribution in [-0.4, -0.2) is 24.5 Å². The van der Waals surface area contributed by atoms with Gasteiger partial charge in [-0.05, 0) is 11.6 Å². The number of aliphatic hydroxyl groups excluding tert-OH is 1. The molecular formula is C10H10F4O2. The van der Waals surface area contributed by atoms with E-state index in [1.807, 2.05) is 0 Å². The summed E-state index contributed by atoms with van der Waals surface area (Å²) in [6.45, 7) is 0. The maximum absolute atomic E-state index is 12.7. The maximum Gasteiger partial charge on any atom is 0.414 e. The quantitative estimate of drug-likeness (QED) is 0.819. The number of aliphatic hydroxyl groups is 1. The Hall–Kier alpha value is -1.30. The summed E-state index contributed by atoms with van der Waals surface area (Å²) in [5.74, 6) is -0.620. The zero-order valence-corrected chi connectivity index (χ0v) is 8.38. The second-order valence-electron chi connectivity index (χ2n) is 3.22. The van der Waals surface area contributed by atoms with Gasteiger partial charge in [0, 0.05) is 12.5 Å². The zero-order valence-electron chi connectivity index (χ0n) is 8.38. The molecule has 0 aliphatic rings. The summed E-state index contributed by atoms with van der Waals surface area (Å²) in [6, 6.07) is 3.14. The minimum atomic E-state index is -4.70. The average molecular weight is 238 g/mol. The normalized spacial score (nSPS) is 13.6. The van der Waals surface area contributed by atoms with E-state index in [4.69, 9.17) is 9.84 Å². The summed E-state index contributed by atoms with van der Waals surface area (Å²) in [4.78, 5) is 0. The largest absolute Gasteiger partial charge is 0.496 e. The number of alkyl halides is 3. The van der Waals surface area contributed by atoms with Crippen molar-refractivity contribution in [3.05, 3.63) is 29.6 Å². The SMILES string of the molecule is COc1cc(F)ccc1CC(O)C(F)(F)F. The van der Waals surface area contributed by atoms with E-state index in [-0.39, 0.29) is 11.3 Å². The summed E-state index contributed by atoms with van der Waals surface area (Å²) in [7, 11) is 1.22. The predicted molar refractivity (Wildman–Crippen MR) is 48.7 cm³/mol. The van der Waals surface area contributed by atoms with Gasteiger partial charge in [0.2, 0.25) is 0 Å². The first-order valence-electron chi connectivity index (χ1n) is 4.42. The molecule has 0 saturated carbocycles. The molecule has 6 heteroatoms. The molecule has 16 heavy (non-hydrogen) atoms. The number of rotatable bonds is 3. The highest BCUT2D eigenvalue weighted by molar-refractivity contribution is 5.34. The molecule has 1 N–H and O–H groups in total. The van der Waals surface area contributed by atoms with Crippen LogP contribution in [0.5, 0.6) is 5.75 Å². The minimum absolute atomic E-state index is 0.0108. The standard InChI is InChI=1S/C10H10F4O2/c1-16-8-5-7(11)3-2-6(8)4-9(15)10(12,13)14/h2-3,5,9,15H,4H2,1H3. The first-order valence-corrected chi connectivity index (χ1v) is 4.42. The van der Waals surface area contributed by atoms with Crippen molar-refractivity contribution in [2.45, 2.75) is 18.7 Å². The fraction of sp³-hybridized carbons (Fsp3) is 0.400. The Labute approximate surface area is 89.5 Å².